The molecule has 0 bridgehead atoms. The van der Waals surface area contributed by atoms with E-state index in [0.717, 1.165) is 0 Å². The molecule has 0 saturated heterocycles. The van der Waals surface area contributed by atoms with Crippen LogP contribution in [0.4, 0.5) is 4.39 Å². The Morgan fingerprint density at radius 3 is 2.76 bits per heavy atom. The lowest BCUT2D eigenvalue weighted by Crippen LogP contribution is -2.33. The Labute approximate surface area is 226 Å². The van der Waals surface area contributed by atoms with Crippen molar-refractivity contribution in [2.45, 2.75) is 12.5 Å². The molecule has 9 nitrogen and oxygen atoms in total. The molecule has 1 heterocycles. The maximum absolute atomic E-state index is 15.3. The summed E-state index contributed by atoms with van der Waals surface area (Å²) >= 11 is 12.2. The number of hydrogen-bond donors (Lipinski definition) is 3. The minimum atomic E-state index is -1.07. The van der Waals surface area contributed by atoms with E-state index in [-0.39, 0.29) is 63.0 Å². The van der Waals surface area contributed by atoms with Gasteiger partial charge in [-0.15, -0.1) is 10.2 Å². The summed E-state index contributed by atoms with van der Waals surface area (Å²) in [4.78, 5) is 12.3. The van der Waals surface area contributed by atoms with Gasteiger partial charge in [-0.25, -0.2) is 4.39 Å². The molecule has 1 atom stereocenters. The van der Waals surface area contributed by atoms with Crippen LogP contribution in [0.2, 0.25) is 10.0 Å². The number of aliphatic hydroxyl groups excluding tert-OH is 2. The molecule has 38 heavy (non-hydrogen) atoms. The minimum absolute atomic E-state index is 0.0116. The van der Waals surface area contributed by atoms with Gasteiger partial charge in [-0.3, -0.25) is 4.79 Å². The van der Waals surface area contributed by atoms with Gasteiger partial charge in [0.05, 0.1) is 35.8 Å². The minimum Gasteiger partial charge on any atom is -0.453 e. The van der Waals surface area contributed by atoms with Crippen molar-refractivity contribution in [3.05, 3.63) is 93.0 Å². The maximum Gasteiger partial charge on any atom is 0.251 e. The first-order valence-corrected chi connectivity index (χ1v) is 11.9. The molecular formula is C26H19Cl2FN4O5. The summed E-state index contributed by atoms with van der Waals surface area (Å²) in [6.45, 7) is -0.588. The third-order valence-corrected chi connectivity index (χ3v) is 5.75. The Morgan fingerprint density at radius 2 is 2.00 bits per heavy atom. The zero-order chi connectivity index (χ0) is 27.2. The maximum atomic E-state index is 15.3. The van der Waals surface area contributed by atoms with E-state index in [1.165, 1.54) is 36.4 Å². The first kappa shape index (κ1) is 27.0. The molecule has 0 spiro atoms. The number of nitrogens with zero attached hydrogens (tertiary/aromatic N) is 3. The van der Waals surface area contributed by atoms with Crippen LogP contribution < -0.4 is 10.1 Å². The fourth-order valence-electron chi connectivity index (χ4n) is 3.38. The van der Waals surface area contributed by atoms with Crippen molar-refractivity contribution in [3.8, 4) is 29.0 Å². The molecule has 0 aliphatic carbocycles. The van der Waals surface area contributed by atoms with Gasteiger partial charge in [0.2, 0.25) is 11.8 Å². The van der Waals surface area contributed by atoms with E-state index in [4.69, 9.17) is 42.7 Å². The highest BCUT2D eigenvalue weighted by Crippen LogP contribution is 2.36. The van der Waals surface area contributed by atoms with Crippen LogP contribution in [0.5, 0.6) is 11.5 Å². The number of benzene rings is 3. The van der Waals surface area contributed by atoms with E-state index in [2.05, 4.69) is 15.5 Å². The number of carbonyl (C=O) groups excluding carboxylic acids is 1. The molecule has 3 N–H and O–H groups in total. The highest BCUT2D eigenvalue weighted by molar-refractivity contribution is 6.32. The SMILES string of the molecule is N#Cc1cc(Cl)cc(Oc2c(Cl)ccc(Cc3nnc(-c4cccc(C(=O)NCC(O)CO)c4)o3)c2F)c1. The lowest BCUT2D eigenvalue weighted by Gasteiger charge is -2.12. The van der Waals surface area contributed by atoms with Crippen LogP contribution in [0.1, 0.15) is 27.4 Å². The van der Waals surface area contributed by atoms with E-state index >= 15 is 4.39 Å². The zero-order valence-corrected chi connectivity index (χ0v) is 21.0. The average molecular weight is 557 g/mol. The lowest BCUT2D eigenvalue weighted by atomic mass is 10.1. The number of aromatic nitrogens is 2. The number of hydrogen-bond acceptors (Lipinski definition) is 8. The summed E-state index contributed by atoms with van der Waals surface area (Å²) in [6, 6.07) is 15.5. The van der Waals surface area contributed by atoms with E-state index in [0.29, 0.717) is 5.56 Å². The molecule has 1 aromatic heterocycles. The number of nitriles is 1. The van der Waals surface area contributed by atoms with Gasteiger partial charge in [0.1, 0.15) is 5.75 Å². The van der Waals surface area contributed by atoms with Crippen LogP contribution in [0.15, 0.2) is 59.0 Å². The Kier molecular flexibility index (Phi) is 8.55. The molecule has 3 aromatic carbocycles. The molecule has 0 fully saturated rings. The predicted molar refractivity (Wildman–Crippen MR) is 136 cm³/mol. The zero-order valence-electron chi connectivity index (χ0n) is 19.5. The number of nitrogens with one attached hydrogen (secondary N) is 1. The molecule has 0 aliphatic heterocycles. The molecule has 4 aromatic rings. The van der Waals surface area contributed by atoms with Crippen LogP contribution in [-0.2, 0) is 6.42 Å². The summed E-state index contributed by atoms with van der Waals surface area (Å²) < 4.78 is 26.6. The Hall–Kier alpha value is -4.01. The van der Waals surface area contributed by atoms with E-state index in [1.54, 1.807) is 18.2 Å². The van der Waals surface area contributed by atoms with Crippen molar-refractivity contribution in [1.82, 2.24) is 15.5 Å². The molecule has 1 unspecified atom stereocenters. The van der Waals surface area contributed by atoms with Crippen LogP contribution in [-0.4, -0.2) is 45.6 Å². The molecule has 1 amide bonds. The van der Waals surface area contributed by atoms with Crippen LogP contribution in [0.25, 0.3) is 11.5 Å². The number of amides is 1. The average Bonchev–Trinajstić information content (AvgIpc) is 3.39. The summed E-state index contributed by atoms with van der Waals surface area (Å²) in [7, 11) is 0. The van der Waals surface area contributed by atoms with Gasteiger partial charge in [0.25, 0.3) is 5.91 Å². The first-order chi connectivity index (χ1) is 18.3. The van der Waals surface area contributed by atoms with E-state index in [9.17, 15) is 9.90 Å². The fourth-order valence-corrected chi connectivity index (χ4v) is 3.79. The van der Waals surface area contributed by atoms with Gasteiger partial charge >= 0.3 is 0 Å². The van der Waals surface area contributed by atoms with Crippen molar-refractivity contribution in [2.75, 3.05) is 13.2 Å². The lowest BCUT2D eigenvalue weighted by molar-refractivity contribution is 0.0802. The standard InChI is InChI=1S/C26H19Cl2FN4O5/c27-18-6-14(11-30)7-20(10-18)37-24-21(28)5-4-15(23(24)29)9-22-32-33-26(38-22)17-3-1-2-16(8-17)25(36)31-12-19(35)13-34/h1-8,10,19,34-35H,9,12-13H2,(H,31,36). The monoisotopic (exact) mass is 556 g/mol. The molecular weight excluding hydrogens is 538 g/mol. The number of halogens is 3. The smallest absolute Gasteiger partial charge is 0.251 e. The van der Waals surface area contributed by atoms with Gasteiger partial charge in [0.15, 0.2) is 11.6 Å². The largest absolute Gasteiger partial charge is 0.453 e. The molecule has 4 rings (SSSR count). The predicted octanol–water partition coefficient (Wildman–Crippen LogP) is 4.52. The molecule has 0 radical (unpaired) electrons. The second-order valence-corrected chi connectivity index (χ2v) is 8.89. The van der Waals surface area contributed by atoms with Crippen molar-refractivity contribution < 1.29 is 28.6 Å². The second-order valence-electron chi connectivity index (χ2n) is 8.04. The van der Waals surface area contributed by atoms with Crippen molar-refractivity contribution in [2.24, 2.45) is 0 Å². The number of aliphatic hydroxyl groups is 2. The van der Waals surface area contributed by atoms with Crippen molar-refractivity contribution >= 4 is 29.1 Å². The summed E-state index contributed by atoms with van der Waals surface area (Å²) in [5, 5.41) is 38.1. The van der Waals surface area contributed by atoms with Gasteiger partial charge < -0.3 is 24.7 Å². The van der Waals surface area contributed by atoms with Gasteiger partial charge in [-0.2, -0.15) is 5.26 Å². The van der Waals surface area contributed by atoms with E-state index < -0.39 is 24.4 Å². The van der Waals surface area contributed by atoms with Crippen LogP contribution >= 0.6 is 23.2 Å². The van der Waals surface area contributed by atoms with Crippen molar-refractivity contribution in [3.63, 3.8) is 0 Å². The van der Waals surface area contributed by atoms with Crippen LogP contribution in [0.3, 0.4) is 0 Å². The van der Waals surface area contributed by atoms with Gasteiger partial charge in [-0.1, -0.05) is 35.3 Å². The molecule has 194 valence electrons. The Bertz CT molecular complexity index is 1520. The van der Waals surface area contributed by atoms with E-state index in [1.807, 2.05) is 6.07 Å². The highest BCUT2D eigenvalue weighted by Gasteiger charge is 2.19. The second kappa shape index (κ2) is 12.0. The molecule has 12 heteroatoms. The Balaban J connectivity index is 1.52. The number of ether oxygens (including phenoxy) is 1. The van der Waals surface area contributed by atoms with Crippen LogP contribution in [0, 0.1) is 17.1 Å². The molecule has 0 aliphatic rings. The summed E-state index contributed by atoms with van der Waals surface area (Å²) in [5.74, 6) is -1.11. The quantitative estimate of drug-likeness (QED) is 0.273. The third kappa shape index (κ3) is 6.45. The summed E-state index contributed by atoms with van der Waals surface area (Å²) in [5.41, 5.74) is 1.13. The number of carbonyl (C=O) groups is 1. The Morgan fingerprint density at radius 1 is 1.18 bits per heavy atom. The van der Waals surface area contributed by atoms with Crippen molar-refractivity contribution in [1.29, 1.82) is 5.26 Å². The summed E-state index contributed by atoms with van der Waals surface area (Å²) in [6.07, 6.45) is -1.15. The van der Waals surface area contributed by atoms with Gasteiger partial charge in [-0.05, 0) is 42.5 Å². The third-order valence-electron chi connectivity index (χ3n) is 5.24. The first-order valence-electron chi connectivity index (χ1n) is 11.1. The van der Waals surface area contributed by atoms with Gasteiger partial charge in [0, 0.05) is 28.3 Å². The highest BCUT2D eigenvalue weighted by atomic mass is 35.5. The number of rotatable bonds is 9. The molecule has 0 saturated carbocycles. The topological polar surface area (TPSA) is 142 Å². The normalized spacial score (nSPS) is 11.6. The fraction of sp³-hybridized carbons (Fsp3) is 0.154.